The number of β-amino-alcohol motifs (C(OH)–C–C–N with tert-alkyl or cyclic N) is 1. The highest BCUT2D eigenvalue weighted by molar-refractivity contribution is 5.87. The Balaban J connectivity index is 1.47. The van der Waals surface area contributed by atoms with E-state index < -0.39 is 5.63 Å². The van der Waals surface area contributed by atoms with Gasteiger partial charge in [-0.1, -0.05) is 12.1 Å². The van der Waals surface area contributed by atoms with Gasteiger partial charge in [0.15, 0.2) is 5.58 Å². The molecule has 3 aromatic heterocycles. The van der Waals surface area contributed by atoms with Gasteiger partial charge in [0.05, 0.1) is 12.3 Å². The molecule has 1 saturated heterocycles. The monoisotopic (exact) mass is 418 g/mol. The zero-order valence-corrected chi connectivity index (χ0v) is 17.9. The van der Waals surface area contributed by atoms with E-state index in [9.17, 15) is 4.79 Å². The second-order valence-electron chi connectivity index (χ2n) is 8.46. The van der Waals surface area contributed by atoms with Gasteiger partial charge in [-0.2, -0.15) is 0 Å². The molecule has 0 bridgehead atoms. The van der Waals surface area contributed by atoms with E-state index in [2.05, 4.69) is 16.0 Å². The van der Waals surface area contributed by atoms with Crippen molar-refractivity contribution in [1.29, 1.82) is 0 Å². The van der Waals surface area contributed by atoms with E-state index in [0.717, 1.165) is 54.6 Å². The normalized spacial score (nSPS) is 15.8. The number of hydrogen-bond acceptors (Lipinski definition) is 6. The first-order chi connectivity index (χ1) is 15.0. The van der Waals surface area contributed by atoms with E-state index in [1.807, 2.05) is 44.2 Å². The molecule has 31 heavy (non-hydrogen) atoms. The Hall–Kier alpha value is -2.96. The van der Waals surface area contributed by atoms with Gasteiger partial charge < -0.3 is 18.8 Å². The number of likely N-dealkylation sites (tertiary alicyclic amines) is 1. The number of furan rings is 1. The quantitative estimate of drug-likeness (QED) is 0.495. The summed E-state index contributed by atoms with van der Waals surface area (Å²) in [7, 11) is 0. The van der Waals surface area contributed by atoms with E-state index in [4.69, 9.17) is 13.9 Å². The Kier molecular flexibility index (Phi) is 5.12. The number of nitrogens with zero attached hydrogens (tertiary/aromatic N) is 2. The van der Waals surface area contributed by atoms with E-state index in [1.165, 1.54) is 5.56 Å². The molecule has 6 heteroatoms. The highest BCUT2D eigenvalue weighted by atomic mass is 16.4. The molecule has 0 unspecified atom stereocenters. The van der Waals surface area contributed by atoms with Gasteiger partial charge in [-0.15, -0.1) is 0 Å². The predicted molar refractivity (Wildman–Crippen MR) is 120 cm³/mol. The van der Waals surface area contributed by atoms with Crippen LogP contribution in [0.1, 0.15) is 35.7 Å². The molecule has 4 aromatic rings. The molecule has 5 rings (SSSR count). The van der Waals surface area contributed by atoms with Crippen molar-refractivity contribution in [3.8, 4) is 11.3 Å². The number of hydrogen-bond donors (Lipinski definition) is 1. The summed E-state index contributed by atoms with van der Waals surface area (Å²) in [6, 6.07) is 11.8. The molecular formula is C25H26N2O4. The molecule has 1 aliphatic rings. The second kappa shape index (κ2) is 7.94. The van der Waals surface area contributed by atoms with Crippen LogP contribution in [0.3, 0.4) is 0 Å². The number of aliphatic hydroxyl groups excluding tert-OH is 1. The Morgan fingerprint density at radius 3 is 2.65 bits per heavy atom. The summed E-state index contributed by atoms with van der Waals surface area (Å²) >= 11 is 0. The number of pyridine rings is 1. The van der Waals surface area contributed by atoms with Crippen LogP contribution in [0.5, 0.6) is 0 Å². The number of aryl methyl sites for hydroxylation is 2. The molecule has 0 amide bonds. The molecule has 0 saturated carbocycles. The first kappa shape index (κ1) is 20.0. The summed E-state index contributed by atoms with van der Waals surface area (Å²) in [6.07, 6.45) is 2.08. The average molecular weight is 418 g/mol. The van der Waals surface area contributed by atoms with Crippen molar-refractivity contribution in [2.45, 2.75) is 32.6 Å². The molecule has 0 aliphatic carbocycles. The largest absolute Gasteiger partial charge is 0.454 e. The number of aliphatic hydroxyl groups is 1. The summed E-state index contributed by atoms with van der Waals surface area (Å²) < 4.78 is 11.7. The first-order valence-electron chi connectivity index (χ1n) is 10.8. The molecule has 0 radical (unpaired) electrons. The zero-order valence-electron chi connectivity index (χ0n) is 17.9. The minimum absolute atomic E-state index is 0.203. The van der Waals surface area contributed by atoms with E-state index >= 15 is 0 Å². The van der Waals surface area contributed by atoms with Crippen molar-refractivity contribution < 1.29 is 13.9 Å². The Morgan fingerprint density at radius 2 is 1.87 bits per heavy atom. The molecule has 1 aromatic carbocycles. The number of aromatic nitrogens is 1. The van der Waals surface area contributed by atoms with Crippen LogP contribution in [0.2, 0.25) is 0 Å². The topological polar surface area (TPSA) is 79.7 Å². The van der Waals surface area contributed by atoms with E-state index in [1.54, 1.807) is 0 Å². The minimum atomic E-state index is -0.399. The Bertz CT molecular complexity index is 1310. The van der Waals surface area contributed by atoms with Crippen molar-refractivity contribution in [3.05, 3.63) is 63.8 Å². The van der Waals surface area contributed by atoms with Gasteiger partial charge in [0.2, 0.25) is 0 Å². The van der Waals surface area contributed by atoms with E-state index in [-0.39, 0.29) is 6.61 Å². The summed E-state index contributed by atoms with van der Waals surface area (Å²) in [6.45, 7) is 6.74. The maximum atomic E-state index is 12.8. The third-order valence-corrected chi connectivity index (χ3v) is 6.30. The van der Waals surface area contributed by atoms with Gasteiger partial charge in [0.1, 0.15) is 16.9 Å². The first-order valence-corrected chi connectivity index (χ1v) is 10.8. The standard InChI is InChI=1S/C25H26N2O4/c1-15-11-20-14-23(30-24(20)16(2)26-15)21-12-19-4-3-18(13-22(19)31-25(21)29)17-5-7-27(8-6-17)9-10-28/h3-4,11-14,17,28H,5-10H2,1-2H3. The van der Waals surface area contributed by atoms with Crippen molar-refractivity contribution in [1.82, 2.24) is 9.88 Å². The van der Waals surface area contributed by atoms with Crippen molar-refractivity contribution in [3.63, 3.8) is 0 Å². The van der Waals surface area contributed by atoms with Gasteiger partial charge in [-0.25, -0.2) is 4.79 Å². The van der Waals surface area contributed by atoms with Gasteiger partial charge in [-0.3, -0.25) is 4.98 Å². The fraction of sp³-hybridized carbons (Fsp3) is 0.360. The lowest BCUT2D eigenvalue weighted by atomic mass is 9.89. The third kappa shape index (κ3) is 3.77. The molecule has 0 atom stereocenters. The van der Waals surface area contributed by atoms with E-state index in [0.29, 0.717) is 28.4 Å². The SMILES string of the molecule is Cc1cc2cc(-c3cc4ccc(C5CCN(CCO)CC5)cc4oc3=O)oc2c(C)n1. The van der Waals surface area contributed by atoms with Crippen LogP contribution in [-0.4, -0.2) is 41.2 Å². The van der Waals surface area contributed by atoms with Gasteiger partial charge >= 0.3 is 5.63 Å². The zero-order chi connectivity index (χ0) is 21.5. The maximum Gasteiger partial charge on any atom is 0.347 e. The molecule has 0 spiro atoms. The molecule has 1 aliphatic heterocycles. The molecular weight excluding hydrogens is 392 g/mol. The second-order valence-corrected chi connectivity index (χ2v) is 8.46. The fourth-order valence-electron chi connectivity index (χ4n) is 4.69. The highest BCUT2D eigenvalue weighted by Gasteiger charge is 2.21. The van der Waals surface area contributed by atoms with Crippen LogP contribution in [0.25, 0.3) is 33.3 Å². The summed E-state index contributed by atoms with van der Waals surface area (Å²) in [5, 5.41) is 10.9. The minimum Gasteiger partial charge on any atom is -0.454 e. The lowest BCUT2D eigenvalue weighted by Crippen LogP contribution is -2.34. The van der Waals surface area contributed by atoms with Crippen LogP contribution in [0, 0.1) is 13.8 Å². The number of piperidine rings is 1. The van der Waals surface area contributed by atoms with Crippen molar-refractivity contribution >= 4 is 21.9 Å². The summed E-state index contributed by atoms with van der Waals surface area (Å²) in [5.74, 6) is 0.944. The lowest BCUT2D eigenvalue weighted by molar-refractivity contribution is 0.164. The molecule has 6 nitrogen and oxygen atoms in total. The van der Waals surface area contributed by atoms with Crippen molar-refractivity contribution in [2.75, 3.05) is 26.2 Å². The highest BCUT2D eigenvalue weighted by Crippen LogP contribution is 2.32. The Morgan fingerprint density at radius 1 is 1.06 bits per heavy atom. The van der Waals surface area contributed by atoms with Crippen molar-refractivity contribution in [2.24, 2.45) is 0 Å². The molecule has 1 fully saturated rings. The van der Waals surface area contributed by atoms with Gasteiger partial charge in [0.25, 0.3) is 0 Å². The Labute approximate surface area is 180 Å². The van der Waals surface area contributed by atoms with Crippen LogP contribution in [0.4, 0.5) is 0 Å². The van der Waals surface area contributed by atoms with Crippen LogP contribution in [0.15, 0.2) is 50.0 Å². The number of fused-ring (bicyclic) bond motifs is 2. The fourth-order valence-corrected chi connectivity index (χ4v) is 4.69. The molecule has 160 valence electrons. The van der Waals surface area contributed by atoms with Crippen LogP contribution in [-0.2, 0) is 0 Å². The lowest BCUT2D eigenvalue weighted by Gasteiger charge is -2.31. The van der Waals surface area contributed by atoms with Gasteiger partial charge in [0, 0.05) is 23.0 Å². The summed E-state index contributed by atoms with van der Waals surface area (Å²) in [5.41, 5.74) is 4.25. The third-order valence-electron chi connectivity index (χ3n) is 6.30. The van der Waals surface area contributed by atoms with Gasteiger partial charge in [-0.05, 0) is 75.5 Å². The smallest absolute Gasteiger partial charge is 0.347 e. The molecule has 4 heterocycles. The van der Waals surface area contributed by atoms with Crippen LogP contribution < -0.4 is 5.63 Å². The average Bonchev–Trinajstić information content (AvgIpc) is 3.18. The predicted octanol–water partition coefficient (Wildman–Crippen LogP) is 4.39. The molecule has 1 N–H and O–H groups in total. The maximum absolute atomic E-state index is 12.8. The number of rotatable bonds is 4. The van der Waals surface area contributed by atoms with Crippen LogP contribution >= 0.6 is 0 Å². The number of benzene rings is 1. The summed E-state index contributed by atoms with van der Waals surface area (Å²) in [4.78, 5) is 19.5.